The van der Waals surface area contributed by atoms with E-state index in [1.165, 1.54) is 6.07 Å². The number of halogens is 1. The SMILES string of the molecule is COc1ccccc1Nc1ncc2c(n1)CCN(Cc1cccc(F)c1)C2. The lowest BCUT2D eigenvalue weighted by molar-refractivity contribution is 0.242. The summed E-state index contributed by atoms with van der Waals surface area (Å²) in [5.74, 6) is 1.12. The van der Waals surface area contributed by atoms with E-state index in [4.69, 9.17) is 4.74 Å². The highest BCUT2D eigenvalue weighted by atomic mass is 19.1. The van der Waals surface area contributed by atoms with E-state index in [-0.39, 0.29) is 5.82 Å². The Morgan fingerprint density at radius 1 is 1.19 bits per heavy atom. The van der Waals surface area contributed by atoms with Crippen molar-refractivity contribution in [3.8, 4) is 5.75 Å². The number of hydrogen-bond acceptors (Lipinski definition) is 5. The second-order valence-electron chi connectivity index (χ2n) is 6.58. The third kappa shape index (κ3) is 4.06. The molecule has 0 saturated carbocycles. The lowest BCUT2D eigenvalue weighted by Gasteiger charge is -2.28. The van der Waals surface area contributed by atoms with E-state index in [1.54, 1.807) is 19.2 Å². The molecule has 1 aliphatic rings. The molecule has 2 aromatic carbocycles. The van der Waals surface area contributed by atoms with Gasteiger partial charge < -0.3 is 10.1 Å². The fraction of sp³-hybridized carbons (Fsp3) is 0.238. The van der Waals surface area contributed by atoms with Crippen LogP contribution in [0.4, 0.5) is 16.0 Å². The summed E-state index contributed by atoms with van der Waals surface area (Å²) in [6.07, 6.45) is 2.71. The van der Waals surface area contributed by atoms with Gasteiger partial charge in [-0.3, -0.25) is 4.90 Å². The number of anilines is 2. The molecule has 1 aliphatic heterocycles. The predicted molar refractivity (Wildman–Crippen MR) is 103 cm³/mol. The molecule has 0 fully saturated rings. The Balaban J connectivity index is 1.46. The number of rotatable bonds is 5. The summed E-state index contributed by atoms with van der Waals surface area (Å²) in [6, 6.07) is 14.5. The van der Waals surface area contributed by atoms with Gasteiger partial charge >= 0.3 is 0 Å². The van der Waals surface area contributed by atoms with E-state index >= 15 is 0 Å². The topological polar surface area (TPSA) is 50.3 Å². The highest BCUT2D eigenvalue weighted by Crippen LogP contribution is 2.26. The number of hydrogen-bond donors (Lipinski definition) is 1. The molecule has 0 bridgehead atoms. The maximum atomic E-state index is 13.4. The van der Waals surface area contributed by atoms with Crippen molar-refractivity contribution in [3.05, 3.63) is 77.4 Å². The number of ether oxygens (including phenoxy) is 1. The van der Waals surface area contributed by atoms with E-state index < -0.39 is 0 Å². The Bertz CT molecular complexity index is 947. The molecule has 27 heavy (non-hydrogen) atoms. The predicted octanol–water partition coefficient (Wildman–Crippen LogP) is 3.93. The normalized spacial score (nSPS) is 13.9. The highest BCUT2D eigenvalue weighted by molar-refractivity contribution is 5.62. The molecule has 6 heteroatoms. The minimum Gasteiger partial charge on any atom is -0.495 e. The van der Waals surface area contributed by atoms with Gasteiger partial charge in [-0.1, -0.05) is 24.3 Å². The highest BCUT2D eigenvalue weighted by Gasteiger charge is 2.19. The zero-order chi connectivity index (χ0) is 18.6. The van der Waals surface area contributed by atoms with Crippen LogP contribution >= 0.6 is 0 Å². The molecular weight excluding hydrogens is 343 g/mol. The second-order valence-corrected chi connectivity index (χ2v) is 6.58. The first-order chi connectivity index (χ1) is 13.2. The Hall–Kier alpha value is -2.99. The summed E-state index contributed by atoms with van der Waals surface area (Å²) >= 11 is 0. The number of fused-ring (bicyclic) bond motifs is 1. The smallest absolute Gasteiger partial charge is 0.227 e. The molecular formula is C21H21FN4O. The second kappa shape index (κ2) is 7.72. The molecule has 0 spiro atoms. The number of methoxy groups -OCH3 is 1. The molecule has 0 unspecified atom stereocenters. The molecule has 3 aromatic rings. The minimum atomic E-state index is -0.194. The van der Waals surface area contributed by atoms with Gasteiger partial charge in [0, 0.05) is 37.8 Å². The van der Waals surface area contributed by atoms with Crippen molar-refractivity contribution < 1.29 is 9.13 Å². The van der Waals surface area contributed by atoms with Gasteiger partial charge in [0.15, 0.2) is 0 Å². The maximum absolute atomic E-state index is 13.4. The summed E-state index contributed by atoms with van der Waals surface area (Å²) in [6.45, 7) is 2.37. The van der Waals surface area contributed by atoms with E-state index in [1.807, 2.05) is 36.5 Å². The summed E-state index contributed by atoms with van der Waals surface area (Å²) < 4.78 is 18.7. The molecule has 138 valence electrons. The van der Waals surface area contributed by atoms with E-state index in [0.29, 0.717) is 5.95 Å². The van der Waals surface area contributed by atoms with Gasteiger partial charge in [0.05, 0.1) is 18.5 Å². The Morgan fingerprint density at radius 3 is 2.93 bits per heavy atom. The van der Waals surface area contributed by atoms with Gasteiger partial charge in [0.1, 0.15) is 11.6 Å². The maximum Gasteiger partial charge on any atom is 0.227 e. The van der Waals surface area contributed by atoms with Crippen molar-refractivity contribution in [1.82, 2.24) is 14.9 Å². The number of nitrogens with zero attached hydrogens (tertiary/aromatic N) is 3. The van der Waals surface area contributed by atoms with Crippen molar-refractivity contribution >= 4 is 11.6 Å². The lowest BCUT2D eigenvalue weighted by Crippen LogP contribution is -2.31. The van der Waals surface area contributed by atoms with Gasteiger partial charge in [-0.2, -0.15) is 0 Å². The molecule has 1 aromatic heterocycles. The summed E-state index contributed by atoms with van der Waals surface area (Å²) in [7, 11) is 1.64. The van der Waals surface area contributed by atoms with Crippen LogP contribution in [0.25, 0.3) is 0 Å². The van der Waals surface area contributed by atoms with E-state index in [0.717, 1.165) is 54.3 Å². The van der Waals surface area contributed by atoms with Gasteiger partial charge in [-0.25, -0.2) is 14.4 Å². The molecule has 1 N–H and O–H groups in total. The first kappa shape index (κ1) is 17.4. The van der Waals surface area contributed by atoms with Crippen LogP contribution in [0.1, 0.15) is 16.8 Å². The third-order valence-corrected chi connectivity index (χ3v) is 4.66. The standard InChI is InChI=1S/C21H21FN4O/c1-27-20-8-3-2-7-19(20)25-21-23-12-16-14-26(10-9-18(16)24-21)13-15-5-4-6-17(22)11-15/h2-8,11-12H,9-10,13-14H2,1H3,(H,23,24,25). The Morgan fingerprint density at radius 2 is 2.07 bits per heavy atom. The van der Waals surface area contributed by atoms with Gasteiger partial charge in [-0.05, 0) is 29.8 Å². The van der Waals surface area contributed by atoms with Crippen LogP contribution in [0.15, 0.2) is 54.7 Å². The fourth-order valence-corrected chi connectivity index (χ4v) is 3.33. The molecule has 0 atom stereocenters. The van der Waals surface area contributed by atoms with Crippen LogP contribution in [0.3, 0.4) is 0 Å². The zero-order valence-electron chi connectivity index (χ0n) is 15.2. The fourth-order valence-electron chi connectivity index (χ4n) is 3.33. The zero-order valence-corrected chi connectivity index (χ0v) is 15.2. The number of para-hydroxylation sites is 2. The molecule has 0 amide bonds. The molecule has 2 heterocycles. The Labute approximate surface area is 157 Å². The third-order valence-electron chi connectivity index (χ3n) is 4.66. The van der Waals surface area contributed by atoms with Crippen LogP contribution in [-0.2, 0) is 19.5 Å². The number of nitrogens with one attached hydrogen (secondary N) is 1. The van der Waals surface area contributed by atoms with Crippen molar-refractivity contribution in [2.75, 3.05) is 19.0 Å². The first-order valence-electron chi connectivity index (χ1n) is 8.93. The van der Waals surface area contributed by atoms with Gasteiger partial charge in [-0.15, -0.1) is 0 Å². The monoisotopic (exact) mass is 364 g/mol. The Kier molecular flexibility index (Phi) is 4.98. The molecule has 4 rings (SSSR count). The van der Waals surface area contributed by atoms with E-state index in [2.05, 4.69) is 20.2 Å². The van der Waals surface area contributed by atoms with Crippen molar-refractivity contribution in [3.63, 3.8) is 0 Å². The summed E-state index contributed by atoms with van der Waals surface area (Å²) in [4.78, 5) is 11.4. The van der Waals surface area contributed by atoms with Crippen molar-refractivity contribution in [2.24, 2.45) is 0 Å². The van der Waals surface area contributed by atoms with E-state index in [9.17, 15) is 4.39 Å². The molecule has 0 aliphatic carbocycles. The first-order valence-corrected chi connectivity index (χ1v) is 8.93. The summed E-state index contributed by atoms with van der Waals surface area (Å²) in [5, 5.41) is 3.23. The van der Waals surface area contributed by atoms with Crippen LogP contribution in [0.5, 0.6) is 5.75 Å². The quantitative estimate of drug-likeness (QED) is 0.743. The average molecular weight is 364 g/mol. The number of aromatic nitrogens is 2. The van der Waals surface area contributed by atoms with Crippen molar-refractivity contribution in [1.29, 1.82) is 0 Å². The minimum absolute atomic E-state index is 0.194. The van der Waals surface area contributed by atoms with Gasteiger partial charge in [0.2, 0.25) is 5.95 Å². The van der Waals surface area contributed by atoms with Crippen LogP contribution in [0, 0.1) is 5.82 Å². The van der Waals surface area contributed by atoms with Crippen LogP contribution in [-0.4, -0.2) is 28.5 Å². The van der Waals surface area contributed by atoms with Crippen molar-refractivity contribution in [2.45, 2.75) is 19.5 Å². The van der Waals surface area contributed by atoms with Gasteiger partial charge in [0.25, 0.3) is 0 Å². The molecule has 0 saturated heterocycles. The average Bonchev–Trinajstić information content (AvgIpc) is 2.68. The number of benzene rings is 2. The van der Waals surface area contributed by atoms with Crippen LogP contribution in [0.2, 0.25) is 0 Å². The molecule has 5 nitrogen and oxygen atoms in total. The lowest BCUT2D eigenvalue weighted by atomic mass is 10.1. The molecule has 0 radical (unpaired) electrons. The summed E-state index contributed by atoms with van der Waals surface area (Å²) in [5.41, 5.74) is 3.98. The van der Waals surface area contributed by atoms with Crippen LogP contribution < -0.4 is 10.1 Å². The largest absolute Gasteiger partial charge is 0.495 e.